The summed E-state index contributed by atoms with van der Waals surface area (Å²) >= 11 is 0. The second-order valence-electron chi connectivity index (χ2n) is 9.24. The summed E-state index contributed by atoms with van der Waals surface area (Å²) in [4.78, 5) is 49.7. The fourth-order valence-electron chi connectivity index (χ4n) is 3.83. The van der Waals surface area contributed by atoms with Gasteiger partial charge in [0.1, 0.15) is 12.1 Å². The molecule has 0 aliphatic carbocycles. The van der Waals surface area contributed by atoms with Gasteiger partial charge in [0.2, 0.25) is 17.7 Å². The average Bonchev–Trinajstić information content (AvgIpc) is 2.90. The molecule has 0 aliphatic heterocycles. The number of anilines is 1. The van der Waals surface area contributed by atoms with Crippen molar-refractivity contribution in [3.8, 4) is 0 Å². The van der Waals surface area contributed by atoms with Gasteiger partial charge in [-0.05, 0) is 29.7 Å². The molecular formula is C27H36N4O8S. The molecule has 6 N–H and O–H groups in total. The minimum Gasteiger partial charge on any atom is -0.481 e. The topological polar surface area (TPSA) is 191 Å². The van der Waals surface area contributed by atoms with Gasteiger partial charge in [-0.25, -0.2) is 0 Å². The molecule has 2 atom stereocenters. The van der Waals surface area contributed by atoms with E-state index in [4.69, 9.17) is 9.66 Å². The molecule has 2 aromatic carbocycles. The molecule has 0 heterocycles. The first-order chi connectivity index (χ1) is 19.0. The van der Waals surface area contributed by atoms with Crippen molar-refractivity contribution in [3.05, 3.63) is 65.7 Å². The zero-order chi connectivity index (χ0) is 29.5. The molecule has 3 amide bonds. The molecule has 0 aliphatic rings. The van der Waals surface area contributed by atoms with Crippen LogP contribution in [-0.2, 0) is 42.3 Å². The lowest BCUT2D eigenvalue weighted by atomic mass is 10.0. The lowest BCUT2D eigenvalue weighted by Crippen LogP contribution is -2.55. The number of benzene rings is 2. The molecular weight excluding hydrogens is 540 g/mol. The number of nitrogens with one attached hydrogen (secondary N) is 4. The maximum Gasteiger partial charge on any atom is 0.357 e. The highest BCUT2D eigenvalue weighted by molar-refractivity contribution is 7.87. The van der Waals surface area contributed by atoms with Crippen LogP contribution < -0.4 is 20.7 Å². The highest BCUT2D eigenvalue weighted by atomic mass is 32.2. The van der Waals surface area contributed by atoms with Crippen molar-refractivity contribution in [1.82, 2.24) is 16.0 Å². The van der Waals surface area contributed by atoms with Crippen molar-refractivity contribution < 1.29 is 37.3 Å². The van der Waals surface area contributed by atoms with Crippen LogP contribution in [-0.4, -0.2) is 60.4 Å². The molecule has 12 nitrogen and oxygen atoms in total. The van der Waals surface area contributed by atoms with Crippen molar-refractivity contribution >= 4 is 39.7 Å². The number of amides is 3. The zero-order valence-electron chi connectivity index (χ0n) is 22.3. The number of carbonyl (C=O) groups is 4. The summed E-state index contributed by atoms with van der Waals surface area (Å²) in [7, 11) is -4.45. The number of carbonyl (C=O) groups excluding carboxylic acids is 3. The average molecular weight is 577 g/mol. The summed E-state index contributed by atoms with van der Waals surface area (Å²) in [5.74, 6) is -2.80. The number of hydrogen-bond donors (Lipinski definition) is 6. The van der Waals surface area contributed by atoms with Crippen LogP contribution in [0.5, 0.6) is 0 Å². The Bertz CT molecular complexity index is 1240. The maximum atomic E-state index is 13.4. The van der Waals surface area contributed by atoms with E-state index in [-0.39, 0.29) is 24.9 Å². The van der Waals surface area contributed by atoms with Gasteiger partial charge in [0.25, 0.3) is 0 Å². The van der Waals surface area contributed by atoms with E-state index in [0.29, 0.717) is 12.1 Å². The SMILES string of the molecule is CCCCCNC(=O)[C@H](Cc1ccc(NS(=O)(=O)O)cc1)NC(=O)[C@@H](Cc1ccccc1)NC(=O)CCC(=O)O. The molecule has 0 saturated carbocycles. The molecule has 0 aromatic heterocycles. The van der Waals surface area contributed by atoms with Crippen LogP contribution in [0.4, 0.5) is 5.69 Å². The number of carboxylic acids is 1. The summed E-state index contributed by atoms with van der Waals surface area (Å²) < 4.78 is 33.0. The first kappa shape index (κ1) is 32.2. The maximum absolute atomic E-state index is 13.4. The Hall–Kier alpha value is -3.97. The third kappa shape index (κ3) is 12.7. The van der Waals surface area contributed by atoms with Crippen LogP contribution >= 0.6 is 0 Å². The molecule has 0 saturated heterocycles. The standard InChI is InChI=1S/C27H36N4O8S/c1-2-3-7-16-28-26(35)22(18-20-10-12-21(13-11-20)31-40(37,38)39)30-27(36)23(17-19-8-5-4-6-9-19)29-24(32)14-15-25(33)34/h4-6,8-13,22-23,31H,2-3,7,14-18H2,1H3,(H,28,35)(H,29,32)(H,30,36)(H,33,34)(H,37,38,39)/t22-,23+/m0/s1. The van der Waals surface area contributed by atoms with Crippen molar-refractivity contribution in [2.24, 2.45) is 0 Å². The van der Waals surface area contributed by atoms with Crippen LogP contribution in [0.1, 0.15) is 50.2 Å². The summed E-state index contributed by atoms with van der Waals surface area (Å²) in [6.45, 7) is 2.44. The predicted octanol–water partition coefficient (Wildman–Crippen LogP) is 1.83. The fraction of sp³-hybridized carbons (Fsp3) is 0.407. The molecule has 0 radical (unpaired) electrons. The summed E-state index contributed by atoms with van der Waals surface area (Å²) in [6, 6.07) is 12.7. The van der Waals surface area contributed by atoms with Crippen LogP contribution in [0.25, 0.3) is 0 Å². The molecule has 218 valence electrons. The summed E-state index contributed by atoms with van der Waals surface area (Å²) in [6.07, 6.45) is 2.11. The Kier molecular flexibility index (Phi) is 13.1. The molecule has 2 aromatic rings. The summed E-state index contributed by atoms with van der Waals surface area (Å²) in [5.41, 5.74) is 1.46. The molecule has 40 heavy (non-hydrogen) atoms. The third-order valence-electron chi connectivity index (χ3n) is 5.85. The second kappa shape index (κ2) is 16.2. The lowest BCUT2D eigenvalue weighted by Gasteiger charge is -2.23. The fourth-order valence-corrected chi connectivity index (χ4v) is 4.26. The Labute approximate surface area is 233 Å². The minimum atomic E-state index is -4.45. The van der Waals surface area contributed by atoms with Crippen LogP contribution in [0, 0.1) is 0 Å². The van der Waals surface area contributed by atoms with Gasteiger partial charge < -0.3 is 21.1 Å². The third-order valence-corrected chi connectivity index (χ3v) is 6.35. The smallest absolute Gasteiger partial charge is 0.357 e. The van der Waals surface area contributed by atoms with Crippen LogP contribution in [0.2, 0.25) is 0 Å². The van der Waals surface area contributed by atoms with Gasteiger partial charge >= 0.3 is 16.3 Å². The van der Waals surface area contributed by atoms with E-state index >= 15 is 0 Å². The predicted molar refractivity (Wildman–Crippen MR) is 149 cm³/mol. The van der Waals surface area contributed by atoms with Crippen LogP contribution in [0.3, 0.4) is 0 Å². The van der Waals surface area contributed by atoms with E-state index in [1.165, 1.54) is 12.1 Å². The van der Waals surface area contributed by atoms with E-state index < -0.39 is 52.5 Å². The number of carboxylic acid groups (broad SMARTS) is 1. The van der Waals surface area contributed by atoms with Crippen molar-refractivity contribution in [2.45, 2.75) is 64.0 Å². The first-order valence-electron chi connectivity index (χ1n) is 12.9. The number of rotatable bonds is 17. The van der Waals surface area contributed by atoms with Crippen molar-refractivity contribution in [1.29, 1.82) is 0 Å². The monoisotopic (exact) mass is 576 g/mol. The van der Waals surface area contributed by atoms with E-state index in [1.54, 1.807) is 42.5 Å². The van der Waals surface area contributed by atoms with Gasteiger partial charge in [-0.3, -0.25) is 28.5 Å². The minimum absolute atomic E-state index is 0.0581. The lowest BCUT2D eigenvalue weighted by molar-refractivity contribution is -0.139. The van der Waals surface area contributed by atoms with Crippen molar-refractivity contribution in [2.75, 3.05) is 11.3 Å². The van der Waals surface area contributed by atoms with Gasteiger partial charge in [0.05, 0.1) is 12.1 Å². The van der Waals surface area contributed by atoms with Gasteiger partial charge in [-0.2, -0.15) is 8.42 Å². The Morgan fingerprint density at radius 2 is 1.40 bits per heavy atom. The van der Waals surface area contributed by atoms with Crippen LogP contribution in [0.15, 0.2) is 54.6 Å². The normalized spacial score (nSPS) is 12.6. The number of unbranched alkanes of at least 4 members (excludes halogenated alkanes) is 2. The highest BCUT2D eigenvalue weighted by Gasteiger charge is 2.27. The molecule has 0 fully saturated rings. The second-order valence-corrected chi connectivity index (χ2v) is 10.4. The van der Waals surface area contributed by atoms with E-state index in [0.717, 1.165) is 24.8 Å². The van der Waals surface area contributed by atoms with E-state index in [1.807, 2.05) is 11.6 Å². The number of hydrogen-bond acceptors (Lipinski definition) is 6. The first-order valence-corrected chi connectivity index (χ1v) is 14.4. The Balaban J connectivity index is 2.22. The van der Waals surface area contributed by atoms with E-state index in [2.05, 4.69) is 16.0 Å². The molecule has 0 unspecified atom stereocenters. The molecule has 2 rings (SSSR count). The molecule has 0 bridgehead atoms. The highest BCUT2D eigenvalue weighted by Crippen LogP contribution is 2.13. The van der Waals surface area contributed by atoms with Crippen molar-refractivity contribution in [3.63, 3.8) is 0 Å². The van der Waals surface area contributed by atoms with Gasteiger partial charge in [-0.1, -0.05) is 62.2 Å². The summed E-state index contributed by atoms with van der Waals surface area (Å²) in [5, 5.41) is 17.0. The van der Waals surface area contributed by atoms with Gasteiger partial charge in [0, 0.05) is 25.8 Å². The molecule has 0 spiro atoms. The van der Waals surface area contributed by atoms with Gasteiger partial charge in [-0.15, -0.1) is 0 Å². The largest absolute Gasteiger partial charge is 0.481 e. The Morgan fingerprint density at radius 3 is 1.98 bits per heavy atom. The Morgan fingerprint density at radius 1 is 0.800 bits per heavy atom. The zero-order valence-corrected chi connectivity index (χ0v) is 23.1. The molecule has 13 heteroatoms. The van der Waals surface area contributed by atoms with E-state index in [9.17, 15) is 27.6 Å². The quantitative estimate of drug-likeness (QED) is 0.121. The van der Waals surface area contributed by atoms with Gasteiger partial charge in [0.15, 0.2) is 0 Å². The number of aliphatic carboxylic acids is 1.